The summed E-state index contributed by atoms with van der Waals surface area (Å²) in [5, 5.41) is 28.5. The minimum atomic E-state index is -2.09. The summed E-state index contributed by atoms with van der Waals surface area (Å²) in [6.07, 6.45) is 3.69. The number of nitrogens with zero attached hydrogens (tertiary/aromatic N) is 1. The van der Waals surface area contributed by atoms with Gasteiger partial charge in [-0.1, -0.05) is 12.2 Å². The summed E-state index contributed by atoms with van der Waals surface area (Å²) in [6.45, 7) is 0. The van der Waals surface area contributed by atoms with E-state index in [-0.39, 0.29) is 18.3 Å². The third-order valence-corrected chi connectivity index (χ3v) is 2.32. The Morgan fingerprint density at radius 3 is 2.65 bits per heavy atom. The molecule has 1 unspecified atom stereocenters. The Bertz CT molecular complexity index is 378. The van der Waals surface area contributed by atoms with E-state index in [1.807, 2.05) is 0 Å². The number of hydrogen-bond acceptors (Lipinski definition) is 5. The molecule has 0 spiro atoms. The Balaban J connectivity index is 0.00000256. The van der Waals surface area contributed by atoms with Crippen molar-refractivity contribution in [2.45, 2.75) is 24.6 Å². The molecule has 0 aromatic heterocycles. The van der Waals surface area contributed by atoms with Gasteiger partial charge in [-0.25, -0.2) is 0 Å². The van der Waals surface area contributed by atoms with Crippen LogP contribution in [0.15, 0.2) is 23.8 Å². The molecule has 2 atom stereocenters. The second kappa shape index (κ2) is 5.53. The smallest absolute Gasteiger partial charge is 0.345 e. The van der Waals surface area contributed by atoms with Gasteiger partial charge in [-0.05, 0) is 12.0 Å². The van der Waals surface area contributed by atoms with Crippen molar-refractivity contribution in [3.8, 4) is 0 Å². The van der Waals surface area contributed by atoms with Crippen molar-refractivity contribution in [2.24, 2.45) is 5.73 Å². The predicted molar refractivity (Wildman–Crippen MR) is 57.6 cm³/mol. The standard InChI is InChI=1S/C9H12N2O5.H2O/c10-7(8(12)13)5-6-1-3-9(14,4-2-6)11(15)16;/h1-3,7,14H,4-5,10H2,(H,12,13);1H2/t7-,9?;/m0./s1. The summed E-state index contributed by atoms with van der Waals surface area (Å²) in [5.41, 5.74) is 3.79. The quantitative estimate of drug-likeness (QED) is 0.321. The maximum absolute atomic E-state index is 10.5. The van der Waals surface area contributed by atoms with E-state index in [0.29, 0.717) is 5.57 Å². The fourth-order valence-electron chi connectivity index (χ4n) is 1.29. The highest BCUT2D eigenvalue weighted by atomic mass is 16.7. The molecule has 0 aromatic rings. The lowest BCUT2D eigenvalue weighted by molar-refractivity contribution is -0.607. The van der Waals surface area contributed by atoms with E-state index < -0.39 is 22.7 Å². The van der Waals surface area contributed by atoms with Crippen LogP contribution in [0.3, 0.4) is 0 Å². The van der Waals surface area contributed by atoms with E-state index in [1.165, 1.54) is 12.2 Å². The van der Waals surface area contributed by atoms with Crippen LogP contribution in [0.4, 0.5) is 0 Å². The predicted octanol–water partition coefficient (Wildman–Crippen LogP) is -1.18. The van der Waals surface area contributed by atoms with Crippen LogP contribution < -0.4 is 5.73 Å². The van der Waals surface area contributed by atoms with Crippen molar-refractivity contribution in [1.82, 2.24) is 0 Å². The normalized spacial score (nSPS) is 24.5. The molecule has 1 aliphatic carbocycles. The van der Waals surface area contributed by atoms with E-state index in [4.69, 9.17) is 10.8 Å². The number of rotatable bonds is 4. The Morgan fingerprint density at radius 1 is 1.71 bits per heavy atom. The average molecular weight is 246 g/mol. The van der Waals surface area contributed by atoms with Gasteiger partial charge < -0.3 is 21.4 Å². The Kier molecular flexibility index (Phi) is 4.95. The summed E-state index contributed by atoms with van der Waals surface area (Å²) in [5.74, 6) is -1.13. The highest BCUT2D eigenvalue weighted by Crippen LogP contribution is 2.23. The molecule has 96 valence electrons. The van der Waals surface area contributed by atoms with Gasteiger partial charge in [0.05, 0.1) is 11.3 Å². The molecule has 8 nitrogen and oxygen atoms in total. The number of hydrogen-bond donors (Lipinski definition) is 3. The molecule has 17 heavy (non-hydrogen) atoms. The van der Waals surface area contributed by atoms with Crippen LogP contribution in [0.5, 0.6) is 0 Å². The second-order valence-electron chi connectivity index (χ2n) is 3.60. The molecule has 1 rings (SSSR count). The molecule has 0 bridgehead atoms. The molecule has 0 fully saturated rings. The van der Waals surface area contributed by atoms with E-state index in [1.54, 1.807) is 0 Å². The lowest BCUT2D eigenvalue weighted by Gasteiger charge is -2.18. The zero-order valence-corrected chi connectivity index (χ0v) is 8.87. The van der Waals surface area contributed by atoms with Crippen molar-refractivity contribution in [3.05, 3.63) is 33.9 Å². The fraction of sp³-hybridized carbons (Fsp3) is 0.444. The van der Waals surface area contributed by atoms with Gasteiger partial charge in [0.25, 0.3) is 0 Å². The first-order chi connectivity index (χ1) is 7.35. The Labute approximate surface area is 96.5 Å². The largest absolute Gasteiger partial charge is 0.480 e. The molecule has 0 saturated carbocycles. The Morgan fingerprint density at radius 2 is 2.29 bits per heavy atom. The van der Waals surface area contributed by atoms with Gasteiger partial charge in [-0.2, -0.15) is 0 Å². The highest BCUT2D eigenvalue weighted by Gasteiger charge is 2.37. The molecule has 8 heteroatoms. The van der Waals surface area contributed by atoms with Crippen LogP contribution in [0.1, 0.15) is 12.8 Å². The first kappa shape index (κ1) is 15.2. The lowest BCUT2D eigenvalue weighted by atomic mass is 9.96. The number of carbonyl (C=O) groups is 1. The number of carboxylic acids is 1. The zero-order valence-electron chi connectivity index (χ0n) is 8.87. The van der Waals surface area contributed by atoms with E-state index in [9.17, 15) is 20.0 Å². The van der Waals surface area contributed by atoms with E-state index >= 15 is 0 Å². The number of nitrogens with two attached hydrogens (primary N) is 1. The third kappa shape index (κ3) is 3.63. The fourth-order valence-corrected chi connectivity index (χ4v) is 1.29. The lowest BCUT2D eigenvalue weighted by Crippen LogP contribution is -2.37. The highest BCUT2D eigenvalue weighted by molar-refractivity contribution is 5.73. The third-order valence-electron chi connectivity index (χ3n) is 2.32. The van der Waals surface area contributed by atoms with Crippen LogP contribution in [-0.4, -0.2) is 38.3 Å². The van der Waals surface area contributed by atoms with Crippen molar-refractivity contribution in [3.63, 3.8) is 0 Å². The second-order valence-corrected chi connectivity index (χ2v) is 3.60. The van der Waals surface area contributed by atoms with Crippen molar-refractivity contribution in [2.75, 3.05) is 0 Å². The molecule has 0 amide bonds. The zero-order chi connectivity index (χ0) is 12.3. The average Bonchev–Trinajstić information content (AvgIpc) is 2.21. The van der Waals surface area contributed by atoms with E-state index in [2.05, 4.69) is 0 Å². The van der Waals surface area contributed by atoms with Gasteiger partial charge in [0, 0.05) is 6.08 Å². The molecular weight excluding hydrogens is 232 g/mol. The number of carboxylic acid groups (broad SMARTS) is 1. The molecular formula is C9H14N2O6. The molecule has 0 radical (unpaired) electrons. The molecule has 0 aliphatic heterocycles. The Hall–Kier alpha value is -1.77. The summed E-state index contributed by atoms with van der Waals surface area (Å²) in [7, 11) is 0. The summed E-state index contributed by atoms with van der Waals surface area (Å²) in [6, 6.07) is -1.04. The summed E-state index contributed by atoms with van der Waals surface area (Å²) >= 11 is 0. The maximum atomic E-state index is 10.5. The molecule has 0 heterocycles. The van der Waals surface area contributed by atoms with Crippen molar-refractivity contribution in [1.29, 1.82) is 0 Å². The van der Waals surface area contributed by atoms with Crippen LogP contribution in [0.25, 0.3) is 0 Å². The molecule has 6 N–H and O–H groups in total. The topological polar surface area (TPSA) is 158 Å². The molecule has 0 saturated heterocycles. The van der Waals surface area contributed by atoms with E-state index in [0.717, 1.165) is 6.08 Å². The number of aliphatic hydroxyl groups is 1. The first-order valence-corrected chi connectivity index (χ1v) is 4.59. The first-order valence-electron chi connectivity index (χ1n) is 4.59. The summed E-state index contributed by atoms with van der Waals surface area (Å²) in [4.78, 5) is 20.1. The van der Waals surface area contributed by atoms with Crippen LogP contribution in [-0.2, 0) is 4.79 Å². The van der Waals surface area contributed by atoms with Crippen LogP contribution in [0.2, 0.25) is 0 Å². The van der Waals surface area contributed by atoms with Crippen molar-refractivity contribution < 1.29 is 25.4 Å². The van der Waals surface area contributed by atoms with Gasteiger partial charge >= 0.3 is 11.7 Å². The van der Waals surface area contributed by atoms with Gasteiger partial charge in [-0.15, -0.1) is 0 Å². The number of nitro groups is 1. The summed E-state index contributed by atoms with van der Waals surface area (Å²) < 4.78 is 0. The van der Waals surface area contributed by atoms with Crippen LogP contribution >= 0.6 is 0 Å². The minimum Gasteiger partial charge on any atom is -0.480 e. The van der Waals surface area contributed by atoms with Crippen molar-refractivity contribution >= 4 is 5.97 Å². The molecule has 1 aliphatic rings. The van der Waals surface area contributed by atoms with Gasteiger partial charge in [-0.3, -0.25) is 14.9 Å². The minimum absolute atomic E-state index is 0. The van der Waals surface area contributed by atoms with Gasteiger partial charge in [0.2, 0.25) is 0 Å². The van der Waals surface area contributed by atoms with Gasteiger partial charge in [0.1, 0.15) is 6.04 Å². The number of allylic oxidation sites excluding steroid dienone is 1. The SMILES string of the molecule is N[C@@H](CC1=CCC(O)([N+](=O)[O-])C=C1)C(=O)O.O. The maximum Gasteiger partial charge on any atom is 0.345 e. The van der Waals surface area contributed by atoms with Crippen LogP contribution in [0, 0.1) is 10.1 Å². The molecule has 0 aromatic carbocycles. The van der Waals surface area contributed by atoms with Gasteiger partial charge in [0.15, 0.2) is 0 Å². The monoisotopic (exact) mass is 246 g/mol. The number of aliphatic carboxylic acids is 1.